The van der Waals surface area contributed by atoms with Crippen LogP contribution in [0.15, 0.2) is 12.1 Å². The molecule has 1 heterocycles. The zero-order valence-electron chi connectivity index (χ0n) is 12.8. The highest BCUT2D eigenvalue weighted by Gasteiger charge is 2.28. The molecule has 2 rings (SSSR count). The Morgan fingerprint density at radius 3 is 2.62 bits per heavy atom. The van der Waals surface area contributed by atoms with Gasteiger partial charge in [0, 0.05) is 23.4 Å². The highest BCUT2D eigenvalue weighted by molar-refractivity contribution is 5.99. The number of anilines is 1. The summed E-state index contributed by atoms with van der Waals surface area (Å²) in [6.45, 7) is 0.308. The van der Waals surface area contributed by atoms with Gasteiger partial charge in [0.25, 0.3) is 11.8 Å². The summed E-state index contributed by atoms with van der Waals surface area (Å²) in [5.74, 6) is -2.38. The fourth-order valence-electron chi connectivity index (χ4n) is 2.22. The van der Waals surface area contributed by atoms with E-state index in [1.165, 1.54) is 6.92 Å². The second-order valence-corrected chi connectivity index (χ2v) is 5.42. The van der Waals surface area contributed by atoms with Gasteiger partial charge in [0.2, 0.25) is 0 Å². The second kappa shape index (κ2) is 7.16. The third-order valence-electron chi connectivity index (χ3n) is 3.54. The Bertz CT molecular complexity index is 640. The highest BCUT2D eigenvalue weighted by atomic mass is 19.4. The van der Waals surface area contributed by atoms with E-state index in [4.69, 9.17) is 4.74 Å². The molecule has 1 fully saturated rings. The Balaban J connectivity index is 2.15. The maximum absolute atomic E-state index is 13.9. The lowest BCUT2D eigenvalue weighted by Gasteiger charge is -2.15. The van der Waals surface area contributed by atoms with Gasteiger partial charge >= 0.3 is 6.18 Å². The number of hydrogen-bond donors (Lipinski definition) is 2. The molecule has 0 aliphatic carbocycles. The summed E-state index contributed by atoms with van der Waals surface area (Å²) in [6.07, 6.45) is -3.98. The quantitative estimate of drug-likeness (QED) is 0.822. The van der Waals surface area contributed by atoms with Crippen LogP contribution in [0.3, 0.4) is 0 Å². The zero-order valence-corrected chi connectivity index (χ0v) is 12.8. The highest BCUT2D eigenvalue weighted by Crippen LogP contribution is 2.23. The summed E-state index contributed by atoms with van der Waals surface area (Å²) in [5, 5.41) is 4.11. The van der Waals surface area contributed by atoms with Crippen LogP contribution in [0, 0.1) is 12.7 Å². The second-order valence-electron chi connectivity index (χ2n) is 5.42. The summed E-state index contributed by atoms with van der Waals surface area (Å²) in [4.78, 5) is 23.7. The lowest BCUT2D eigenvalue weighted by Crippen LogP contribution is -2.34. The molecule has 1 aromatic carbocycles. The van der Waals surface area contributed by atoms with Gasteiger partial charge in [0.1, 0.15) is 18.5 Å². The van der Waals surface area contributed by atoms with Crippen LogP contribution in [-0.2, 0) is 9.53 Å². The van der Waals surface area contributed by atoms with Gasteiger partial charge in [0.15, 0.2) is 0 Å². The molecule has 1 atom stereocenters. The van der Waals surface area contributed by atoms with E-state index in [9.17, 15) is 27.2 Å². The van der Waals surface area contributed by atoms with E-state index in [0.29, 0.717) is 13.0 Å². The molecule has 0 spiro atoms. The molecule has 132 valence electrons. The predicted molar refractivity (Wildman–Crippen MR) is 77.1 cm³/mol. The number of amides is 2. The minimum absolute atomic E-state index is 0.0210. The van der Waals surface area contributed by atoms with Gasteiger partial charge in [-0.05, 0) is 31.9 Å². The van der Waals surface area contributed by atoms with Crippen molar-refractivity contribution >= 4 is 17.5 Å². The van der Waals surface area contributed by atoms with Crippen molar-refractivity contribution < 1.29 is 31.9 Å². The largest absolute Gasteiger partial charge is 0.405 e. The summed E-state index contributed by atoms with van der Waals surface area (Å²) in [7, 11) is 0. The first-order chi connectivity index (χ1) is 11.2. The summed E-state index contributed by atoms with van der Waals surface area (Å²) in [5.41, 5.74) is -0.216. The van der Waals surface area contributed by atoms with E-state index >= 15 is 0 Å². The first-order valence-electron chi connectivity index (χ1n) is 7.25. The molecule has 24 heavy (non-hydrogen) atoms. The number of carbonyl (C=O) groups is 2. The average Bonchev–Trinajstić information content (AvgIpc) is 3.02. The van der Waals surface area contributed by atoms with Crippen LogP contribution >= 0.6 is 0 Å². The maximum atomic E-state index is 13.9. The van der Waals surface area contributed by atoms with Crippen molar-refractivity contribution in [2.75, 3.05) is 18.5 Å². The Labute approximate surface area is 135 Å². The molecule has 2 amide bonds. The van der Waals surface area contributed by atoms with Crippen molar-refractivity contribution in [2.45, 2.75) is 32.0 Å². The van der Waals surface area contributed by atoms with Gasteiger partial charge in [-0.2, -0.15) is 13.2 Å². The smallest absolute Gasteiger partial charge is 0.368 e. The molecule has 0 radical (unpaired) electrons. The van der Waals surface area contributed by atoms with Crippen LogP contribution in [-0.4, -0.2) is 37.2 Å². The van der Waals surface area contributed by atoms with E-state index in [1.54, 1.807) is 5.32 Å². The lowest BCUT2D eigenvalue weighted by atomic mass is 10.1. The first kappa shape index (κ1) is 18.2. The van der Waals surface area contributed by atoms with Crippen LogP contribution in [0.1, 0.15) is 28.8 Å². The van der Waals surface area contributed by atoms with Crippen molar-refractivity contribution in [1.82, 2.24) is 5.32 Å². The third-order valence-corrected chi connectivity index (χ3v) is 3.54. The number of benzene rings is 1. The molecule has 0 aromatic heterocycles. The molecule has 1 aromatic rings. The van der Waals surface area contributed by atoms with Crippen LogP contribution in [0.4, 0.5) is 23.2 Å². The average molecular weight is 348 g/mol. The molecule has 1 aliphatic rings. The Morgan fingerprint density at radius 1 is 1.33 bits per heavy atom. The van der Waals surface area contributed by atoms with E-state index in [-0.39, 0.29) is 16.8 Å². The standard InChI is InChI=1S/C15H16F4N2O3/c1-8-10(16)5-9(13(22)20-7-15(17,18)19)6-11(8)21-14(23)12-3-2-4-24-12/h5-6,12H,2-4,7H2,1H3,(H,20,22)(H,21,23)/t12-/m0/s1. The van der Waals surface area contributed by atoms with Crippen molar-refractivity contribution in [1.29, 1.82) is 0 Å². The summed E-state index contributed by atoms with van der Waals surface area (Å²) >= 11 is 0. The number of carbonyl (C=O) groups excluding carboxylic acids is 2. The van der Waals surface area contributed by atoms with Gasteiger partial charge in [-0.15, -0.1) is 0 Å². The molecule has 5 nitrogen and oxygen atoms in total. The van der Waals surface area contributed by atoms with Crippen LogP contribution in [0.5, 0.6) is 0 Å². The number of halogens is 4. The molecule has 2 N–H and O–H groups in total. The molecule has 9 heteroatoms. The van der Waals surface area contributed by atoms with E-state index in [0.717, 1.165) is 18.6 Å². The summed E-state index contributed by atoms with van der Waals surface area (Å²) < 4.78 is 55.5. The molecule has 0 unspecified atom stereocenters. The van der Waals surface area contributed by atoms with E-state index in [1.807, 2.05) is 0 Å². The normalized spacial score (nSPS) is 17.6. The molecule has 0 bridgehead atoms. The van der Waals surface area contributed by atoms with Crippen molar-refractivity contribution in [2.24, 2.45) is 0 Å². The van der Waals surface area contributed by atoms with Gasteiger partial charge in [-0.3, -0.25) is 9.59 Å². The van der Waals surface area contributed by atoms with Crippen molar-refractivity contribution in [3.05, 3.63) is 29.1 Å². The monoisotopic (exact) mass is 348 g/mol. The number of ether oxygens (including phenoxy) is 1. The van der Waals surface area contributed by atoms with Gasteiger partial charge in [0.05, 0.1) is 0 Å². The fourth-order valence-corrected chi connectivity index (χ4v) is 2.22. The van der Waals surface area contributed by atoms with Gasteiger partial charge in [-0.25, -0.2) is 4.39 Å². The van der Waals surface area contributed by atoms with Crippen LogP contribution in [0.25, 0.3) is 0 Å². The summed E-state index contributed by atoms with van der Waals surface area (Å²) in [6, 6.07) is 1.96. The SMILES string of the molecule is Cc1c(F)cc(C(=O)NCC(F)(F)F)cc1NC(=O)[C@@H]1CCCO1. The predicted octanol–water partition coefficient (Wildman–Crippen LogP) is 2.54. The topological polar surface area (TPSA) is 67.4 Å². The first-order valence-corrected chi connectivity index (χ1v) is 7.25. The van der Waals surface area contributed by atoms with E-state index < -0.39 is 36.5 Å². The Kier molecular flexibility index (Phi) is 5.43. The number of alkyl halides is 3. The number of nitrogens with one attached hydrogen (secondary N) is 2. The molecule has 1 saturated heterocycles. The molecule has 1 aliphatic heterocycles. The zero-order chi connectivity index (χ0) is 17.9. The van der Waals surface area contributed by atoms with Gasteiger partial charge < -0.3 is 15.4 Å². The maximum Gasteiger partial charge on any atom is 0.405 e. The minimum Gasteiger partial charge on any atom is -0.368 e. The minimum atomic E-state index is -4.57. The molecular weight excluding hydrogens is 332 g/mol. The third kappa shape index (κ3) is 4.67. The van der Waals surface area contributed by atoms with Gasteiger partial charge in [-0.1, -0.05) is 0 Å². The van der Waals surface area contributed by atoms with Crippen LogP contribution < -0.4 is 10.6 Å². The van der Waals surface area contributed by atoms with Crippen LogP contribution in [0.2, 0.25) is 0 Å². The van der Waals surface area contributed by atoms with Crippen molar-refractivity contribution in [3.8, 4) is 0 Å². The number of hydrogen-bond acceptors (Lipinski definition) is 3. The number of rotatable bonds is 4. The lowest BCUT2D eigenvalue weighted by molar-refractivity contribution is -0.124. The molecular formula is C15H16F4N2O3. The fraction of sp³-hybridized carbons (Fsp3) is 0.467. The molecule has 0 saturated carbocycles. The Morgan fingerprint density at radius 2 is 2.04 bits per heavy atom. The van der Waals surface area contributed by atoms with E-state index in [2.05, 4.69) is 5.32 Å². The Hall–Kier alpha value is -2.16. The van der Waals surface area contributed by atoms with Crippen molar-refractivity contribution in [3.63, 3.8) is 0 Å².